The normalized spacial score (nSPS) is 18.2. The second-order valence-corrected chi connectivity index (χ2v) is 6.04. The lowest BCUT2D eigenvalue weighted by Crippen LogP contribution is -2.46. The molecule has 0 radical (unpaired) electrons. The molecule has 0 saturated carbocycles. The molecule has 8 heteroatoms. The number of urea groups is 1. The summed E-state index contributed by atoms with van der Waals surface area (Å²) < 4.78 is 38.5. The summed E-state index contributed by atoms with van der Waals surface area (Å²) in [6, 6.07) is 5.74. The molecule has 24 heavy (non-hydrogen) atoms. The van der Waals surface area contributed by atoms with Crippen LogP contribution in [0.25, 0.3) is 0 Å². The summed E-state index contributed by atoms with van der Waals surface area (Å²) in [6.07, 6.45) is -3.94. The molecular formula is C16H20F3N3O2. The van der Waals surface area contributed by atoms with Gasteiger partial charge in [0.2, 0.25) is 0 Å². The number of nitrogens with one attached hydrogen (secondary N) is 1. The van der Waals surface area contributed by atoms with Gasteiger partial charge in [0, 0.05) is 38.4 Å². The van der Waals surface area contributed by atoms with Crippen molar-refractivity contribution in [3.05, 3.63) is 29.8 Å². The van der Waals surface area contributed by atoms with E-state index in [4.69, 9.17) is 0 Å². The Morgan fingerprint density at radius 2 is 2.00 bits per heavy atom. The maximum Gasteiger partial charge on any atom is 0.393 e. The van der Waals surface area contributed by atoms with Crippen molar-refractivity contribution in [2.75, 3.05) is 32.5 Å². The van der Waals surface area contributed by atoms with Crippen LogP contribution in [0.2, 0.25) is 0 Å². The van der Waals surface area contributed by atoms with E-state index >= 15 is 0 Å². The lowest BCUT2D eigenvalue weighted by molar-refractivity contribution is -0.183. The number of likely N-dealkylation sites (tertiary alicyclic amines) is 1. The Labute approximate surface area is 138 Å². The zero-order valence-corrected chi connectivity index (χ0v) is 13.6. The van der Waals surface area contributed by atoms with Crippen molar-refractivity contribution in [1.29, 1.82) is 0 Å². The molecular weight excluding hydrogens is 323 g/mol. The molecule has 3 amide bonds. The summed E-state index contributed by atoms with van der Waals surface area (Å²) in [5, 5.41) is 2.57. The fourth-order valence-corrected chi connectivity index (χ4v) is 2.62. The molecule has 5 nitrogen and oxygen atoms in total. The van der Waals surface area contributed by atoms with Crippen molar-refractivity contribution >= 4 is 17.6 Å². The summed E-state index contributed by atoms with van der Waals surface area (Å²) in [7, 11) is 3.22. The van der Waals surface area contributed by atoms with Gasteiger partial charge in [-0.2, -0.15) is 13.2 Å². The monoisotopic (exact) mass is 343 g/mol. The molecule has 0 unspecified atom stereocenters. The minimum absolute atomic E-state index is 0.0418. The maximum absolute atomic E-state index is 12.8. The third-order valence-corrected chi connectivity index (χ3v) is 3.94. The highest BCUT2D eigenvalue weighted by Crippen LogP contribution is 2.33. The lowest BCUT2D eigenvalue weighted by atomic mass is 9.98. The van der Waals surface area contributed by atoms with Crippen molar-refractivity contribution in [2.45, 2.75) is 19.0 Å². The largest absolute Gasteiger partial charge is 0.393 e. The molecule has 2 rings (SSSR count). The zero-order valence-electron chi connectivity index (χ0n) is 13.6. The molecule has 1 aromatic carbocycles. The first-order valence-corrected chi connectivity index (χ1v) is 7.63. The zero-order chi connectivity index (χ0) is 17.9. The van der Waals surface area contributed by atoms with Crippen LogP contribution in [0.4, 0.5) is 23.7 Å². The number of amides is 3. The SMILES string of the molecule is CN(C)C(=O)c1cccc(NC(=O)N2CCC[C@@H](C(F)(F)F)C2)c1. The number of rotatable bonds is 2. The Bertz CT molecular complexity index is 617. The quantitative estimate of drug-likeness (QED) is 0.897. The minimum atomic E-state index is -4.29. The number of hydrogen-bond donors (Lipinski definition) is 1. The van der Waals surface area contributed by atoms with Gasteiger partial charge in [0.25, 0.3) is 5.91 Å². The van der Waals surface area contributed by atoms with Crippen molar-refractivity contribution in [3.8, 4) is 0 Å². The third-order valence-electron chi connectivity index (χ3n) is 3.94. The van der Waals surface area contributed by atoms with E-state index in [-0.39, 0.29) is 25.4 Å². The minimum Gasteiger partial charge on any atom is -0.345 e. The van der Waals surface area contributed by atoms with Gasteiger partial charge in [0.15, 0.2) is 0 Å². The van der Waals surface area contributed by atoms with Crippen molar-refractivity contribution in [3.63, 3.8) is 0 Å². The number of piperidine rings is 1. The first-order chi connectivity index (χ1) is 11.2. The molecule has 1 aliphatic heterocycles. The van der Waals surface area contributed by atoms with E-state index in [1.807, 2.05) is 0 Å². The molecule has 1 aliphatic rings. The van der Waals surface area contributed by atoms with Gasteiger partial charge in [0.1, 0.15) is 0 Å². The number of benzene rings is 1. The molecule has 0 aromatic heterocycles. The molecule has 1 N–H and O–H groups in total. The van der Waals surface area contributed by atoms with Gasteiger partial charge in [-0.1, -0.05) is 6.07 Å². The van der Waals surface area contributed by atoms with E-state index in [0.717, 1.165) is 0 Å². The van der Waals surface area contributed by atoms with Crippen molar-refractivity contribution in [1.82, 2.24) is 9.80 Å². The number of halogens is 3. The van der Waals surface area contributed by atoms with Crippen LogP contribution in [-0.4, -0.2) is 55.1 Å². The molecule has 0 spiro atoms. The van der Waals surface area contributed by atoms with E-state index in [1.165, 1.54) is 15.9 Å². The number of carbonyl (C=O) groups is 2. The molecule has 1 atom stereocenters. The number of alkyl halides is 3. The Kier molecular flexibility index (Phi) is 5.36. The first-order valence-electron chi connectivity index (χ1n) is 7.63. The fourth-order valence-electron chi connectivity index (χ4n) is 2.62. The second kappa shape index (κ2) is 7.11. The predicted molar refractivity (Wildman–Crippen MR) is 83.8 cm³/mol. The summed E-state index contributed by atoms with van der Waals surface area (Å²) in [5.41, 5.74) is 0.770. The van der Waals surface area contributed by atoms with Crippen LogP contribution >= 0.6 is 0 Å². The maximum atomic E-state index is 12.8. The van der Waals surface area contributed by atoms with Crippen LogP contribution < -0.4 is 5.32 Å². The number of anilines is 1. The van der Waals surface area contributed by atoms with Gasteiger partial charge in [-0.15, -0.1) is 0 Å². The van der Waals surface area contributed by atoms with Crippen LogP contribution in [-0.2, 0) is 0 Å². The smallest absolute Gasteiger partial charge is 0.345 e. The summed E-state index contributed by atoms with van der Waals surface area (Å²) >= 11 is 0. The van der Waals surface area contributed by atoms with E-state index < -0.39 is 18.1 Å². The van der Waals surface area contributed by atoms with Crippen LogP contribution in [0.15, 0.2) is 24.3 Å². The molecule has 0 bridgehead atoms. The number of hydrogen-bond acceptors (Lipinski definition) is 2. The standard InChI is InChI=1S/C16H20F3N3O2/c1-21(2)14(23)11-5-3-7-13(9-11)20-15(24)22-8-4-6-12(10-22)16(17,18)19/h3,5,7,9,12H,4,6,8,10H2,1-2H3,(H,20,24)/t12-/m1/s1. The number of carbonyl (C=O) groups excluding carboxylic acids is 2. The summed E-state index contributed by atoms with van der Waals surface area (Å²) in [5.74, 6) is -1.71. The average molecular weight is 343 g/mol. The predicted octanol–water partition coefficient (Wildman–Crippen LogP) is 3.19. The Hall–Kier alpha value is -2.25. The lowest BCUT2D eigenvalue weighted by Gasteiger charge is -2.33. The molecule has 132 valence electrons. The highest BCUT2D eigenvalue weighted by Gasteiger charge is 2.42. The van der Waals surface area contributed by atoms with Crippen molar-refractivity contribution in [2.24, 2.45) is 5.92 Å². The van der Waals surface area contributed by atoms with Gasteiger partial charge in [0.05, 0.1) is 5.92 Å². The Morgan fingerprint density at radius 1 is 1.29 bits per heavy atom. The first kappa shape index (κ1) is 18.1. The van der Waals surface area contributed by atoms with Crippen LogP contribution in [0.1, 0.15) is 23.2 Å². The Morgan fingerprint density at radius 3 is 2.62 bits per heavy atom. The highest BCUT2D eigenvalue weighted by molar-refractivity contribution is 5.96. The van der Waals surface area contributed by atoms with E-state index in [9.17, 15) is 22.8 Å². The second-order valence-electron chi connectivity index (χ2n) is 6.04. The van der Waals surface area contributed by atoms with E-state index in [0.29, 0.717) is 17.7 Å². The average Bonchev–Trinajstić information content (AvgIpc) is 2.53. The van der Waals surface area contributed by atoms with Crippen LogP contribution in [0.3, 0.4) is 0 Å². The molecule has 1 saturated heterocycles. The topological polar surface area (TPSA) is 52.7 Å². The van der Waals surface area contributed by atoms with Gasteiger partial charge < -0.3 is 15.1 Å². The van der Waals surface area contributed by atoms with Crippen molar-refractivity contribution < 1.29 is 22.8 Å². The molecule has 1 fully saturated rings. The van der Waals surface area contributed by atoms with Gasteiger partial charge in [-0.3, -0.25) is 4.79 Å². The van der Waals surface area contributed by atoms with E-state index in [1.54, 1.807) is 32.3 Å². The fraction of sp³-hybridized carbons (Fsp3) is 0.500. The summed E-state index contributed by atoms with van der Waals surface area (Å²) in [4.78, 5) is 26.7. The molecule has 1 heterocycles. The highest BCUT2D eigenvalue weighted by atomic mass is 19.4. The molecule has 1 aromatic rings. The van der Waals surface area contributed by atoms with Crippen LogP contribution in [0, 0.1) is 5.92 Å². The number of nitrogens with zero attached hydrogens (tertiary/aromatic N) is 2. The molecule has 0 aliphatic carbocycles. The van der Waals surface area contributed by atoms with Crippen LogP contribution in [0.5, 0.6) is 0 Å². The Balaban J connectivity index is 2.04. The van der Waals surface area contributed by atoms with Gasteiger partial charge in [-0.25, -0.2) is 4.79 Å². The van der Waals surface area contributed by atoms with Gasteiger partial charge in [-0.05, 0) is 31.0 Å². The summed E-state index contributed by atoms with van der Waals surface area (Å²) in [6.45, 7) is -0.0552. The third kappa shape index (κ3) is 4.39. The van der Waals surface area contributed by atoms with Gasteiger partial charge >= 0.3 is 12.2 Å². The van der Waals surface area contributed by atoms with E-state index in [2.05, 4.69) is 5.32 Å².